The predicted molar refractivity (Wildman–Crippen MR) is 102 cm³/mol. The smallest absolute Gasteiger partial charge is 0.0482 e. The summed E-state index contributed by atoms with van der Waals surface area (Å²) in [6, 6.07) is 0. The van der Waals surface area contributed by atoms with Crippen molar-refractivity contribution in [2.24, 2.45) is 10.8 Å². The van der Waals surface area contributed by atoms with Gasteiger partial charge in [-0.1, -0.05) is 34.6 Å². The number of benzene rings is 1. The fourth-order valence-electron chi connectivity index (χ4n) is 1.51. The molecular formula is C14H17Br5. The Balaban J connectivity index is 3.39. The summed E-state index contributed by atoms with van der Waals surface area (Å²) in [7, 11) is 0. The molecule has 0 radical (unpaired) electrons. The van der Waals surface area contributed by atoms with Gasteiger partial charge in [-0.25, -0.2) is 0 Å². The standard InChI is InChI=1S/C14H17Br5/c1-13(2,3)14(4,5)6-7-8(15)10(17)12(19)11(18)9(7)16/h6H2,1-5H3. The monoisotopic (exact) mass is 580 g/mol. The molecular weight excluding hydrogens is 568 g/mol. The third kappa shape index (κ3) is 3.88. The van der Waals surface area contributed by atoms with Gasteiger partial charge in [0.05, 0.1) is 0 Å². The lowest BCUT2D eigenvalue weighted by Crippen LogP contribution is -2.32. The molecule has 108 valence electrons. The molecule has 1 aromatic rings. The van der Waals surface area contributed by atoms with Gasteiger partial charge in [0.2, 0.25) is 0 Å². The van der Waals surface area contributed by atoms with Gasteiger partial charge in [0, 0.05) is 22.4 Å². The second-order valence-corrected chi connectivity index (χ2v) is 10.3. The third-order valence-electron chi connectivity index (χ3n) is 3.95. The first-order valence-electron chi connectivity index (χ1n) is 5.90. The van der Waals surface area contributed by atoms with E-state index in [0.29, 0.717) is 0 Å². The Labute approximate surface area is 158 Å². The second kappa shape index (κ2) is 6.39. The SMILES string of the molecule is CC(C)(C)C(C)(C)Cc1c(Br)c(Br)c(Br)c(Br)c1Br. The molecule has 0 spiro atoms. The fourth-order valence-corrected chi connectivity index (χ4v) is 4.92. The summed E-state index contributed by atoms with van der Waals surface area (Å²) < 4.78 is 5.31. The van der Waals surface area contributed by atoms with Gasteiger partial charge >= 0.3 is 0 Å². The lowest BCUT2D eigenvalue weighted by molar-refractivity contribution is 0.131. The highest BCUT2D eigenvalue weighted by atomic mass is 79.9. The highest BCUT2D eigenvalue weighted by molar-refractivity contribution is 9.15. The Morgan fingerprint density at radius 2 is 0.947 bits per heavy atom. The van der Waals surface area contributed by atoms with E-state index >= 15 is 0 Å². The molecule has 0 aliphatic carbocycles. The van der Waals surface area contributed by atoms with Gasteiger partial charge in [0.15, 0.2) is 0 Å². The van der Waals surface area contributed by atoms with E-state index in [1.54, 1.807) is 0 Å². The van der Waals surface area contributed by atoms with Crippen molar-refractivity contribution >= 4 is 79.6 Å². The molecule has 0 aliphatic rings. The van der Waals surface area contributed by atoms with Crippen molar-refractivity contribution in [2.75, 3.05) is 0 Å². The van der Waals surface area contributed by atoms with Crippen LogP contribution in [0.25, 0.3) is 0 Å². The molecule has 5 heteroatoms. The summed E-state index contributed by atoms with van der Waals surface area (Å²) in [5.41, 5.74) is 1.70. The molecule has 0 saturated heterocycles. The lowest BCUT2D eigenvalue weighted by Gasteiger charge is -2.39. The maximum Gasteiger partial charge on any atom is 0.0482 e. The minimum absolute atomic E-state index is 0.185. The van der Waals surface area contributed by atoms with Crippen LogP contribution < -0.4 is 0 Å². The van der Waals surface area contributed by atoms with Crippen LogP contribution in [0.5, 0.6) is 0 Å². The van der Waals surface area contributed by atoms with Crippen LogP contribution >= 0.6 is 79.6 Å². The minimum Gasteiger partial charge on any atom is -0.0597 e. The quantitative estimate of drug-likeness (QED) is 0.243. The molecule has 0 saturated carbocycles. The third-order valence-corrected chi connectivity index (χ3v) is 10.2. The Kier molecular flexibility index (Phi) is 6.28. The summed E-state index contributed by atoms with van der Waals surface area (Å²) in [4.78, 5) is 0. The Morgan fingerprint density at radius 3 is 1.26 bits per heavy atom. The van der Waals surface area contributed by atoms with Gasteiger partial charge in [-0.2, -0.15) is 0 Å². The highest BCUT2D eigenvalue weighted by Gasteiger charge is 2.34. The molecule has 0 aromatic heterocycles. The van der Waals surface area contributed by atoms with Crippen molar-refractivity contribution in [2.45, 2.75) is 41.0 Å². The van der Waals surface area contributed by atoms with E-state index in [0.717, 1.165) is 28.8 Å². The lowest BCUT2D eigenvalue weighted by atomic mass is 9.66. The van der Waals surface area contributed by atoms with E-state index in [1.807, 2.05) is 0 Å². The first-order valence-corrected chi connectivity index (χ1v) is 9.87. The number of hydrogen-bond acceptors (Lipinski definition) is 0. The van der Waals surface area contributed by atoms with Gasteiger partial charge < -0.3 is 0 Å². The summed E-state index contributed by atoms with van der Waals surface area (Å²) in [5.74, 6) is 0. The van der Waals surface area contributed by atoms with Crippen LogP contribution in [-0.2, 0) is 6.42 Å². The van der Waals surface area contributed by atoms with Crippen molar-refractivity contribution in [3.05, 3.63) is 27.9 Å². The van der Waals surface area contributed by atoms with Crippen molar-refractivity contribution in [3.8, 4) is 0 Å². The molecule has 0 nitrogen and oxygen atoms in total. The molecule has 19 heavy (non-hydrogen) atoms. The summed E-state index contributed by atoms with van der Waals surface area (Å²) in [6.45, 7) is 11.5. The fraction of sp³-hybridized carbons (Fsp3) is 0.571. The molecule has 1 aromatic carbocycles. The van der Waals surface area contributed by atoms with Crippen molar-refractivity contribution in [3.63, 3.8) is 0 Å². The van der Waals surface area contributed by atoms with Crippen molar-refractivity contribution < 1.29 is 0 Å². The molecule has 0 atom stereocenters. The molecule has 0 heterocycles. The van der Waals surface area contributed by atoms with E-state index in [4.69, 9.17) is 0 Å². The number of hydrogen-bond donors (Lipinski definition) is 0. The first-order chi connectivity index (χ1) is 8.40. The van der Waals surface area contributed by atoms with E-state index in [1.165, 1.54) is 5.56 Å². The maximum absolute atomic E-state index is 3.71. The molecule has 0 amide bonds. The van der Waals surface area contributed by atoms with Gasteiger partial charge in [0.25, 0.3) is 0 Å². The largest absolute Gasteiger partial charge is 0.0597 e. The normalized spacial score (nSPS) is 12.9. The Hall–Kier alpha value is 1.62. The van der Waals surface area contributed by atoms with Crippen LogP contribution in [-0.4, -0.2) is 0 Å². The van der Waals surface area contributed by atoms with Crippen LogP contribution in [0.2, 0.25) is 0 Å². The van der Waals surface area contributed by atoms with Gasteiger partial charge in [-0.05, 0) is 102 Å². The second-order valence-electron chi connectivity index (χ2n) is 6.36. The summed E-state index contributed by atoms with van der Waals surface area (Å²) in [5, 5.41) is 0. The first kappa shape index (κ1) is 18.7. The summed E-state index contributed by atoms with van der Waals surface area (Å²) >= 11 is 18.3. The van der Waals surface area contributed by atoms with Crippen LogP contribution in [0.15, 0.2) is 22.4 Å². The van der Waals surface area contributed by atoms with Crippen molar-refractivity contribution in [1.82, 2.24) is 0 Å². The van der Waals surface area contributed by atoms with E-state index < -0.39 is 0 Å². The average molecular weight is 585 g/mol. The molecule has 0 fully saturated rings. The number of halogens is 5. The van der Waals surface area contributed by atoms with E-state index in [9.17, 15) is 0 Å². The van der Waals surface area contributed by atoms with Crippen molar-refractivity contribution in [1.29, 1.82) is 0 Å². The topological polar surface area (TPSA) is 0 Å². The zero-order valence-electron chi connectivity index (χ0n) is 11.6. The van der Waals surface area contributed by atoms with Crippen LogP contribution in [0, 0.1) is 10.8 Å². The van der Waals surface area contributed by atoms with Crippen LogP contribution in [0.3, 0.4) is 0 Å². The Morgan fingerprint density at radius 1 is 0.632 bits per heavy atom. The highest BCUT2D eigenvalue weighted by Crippen LogP contribution is 2.49. The molecule has 0 unspecified atom stereocenters. The van der Waals surface area contributed by atoms with Crippen LogP contribution in [0.1, 0.15) is 40.2 Å². The van der Waals surface area contributed by atoms with Gasteiger partial charge in [0.1, 0.15) is 0 Å². The zero-order chi connectivity index (χ0) is 15.2. The molecule has 0 aliphatic heterocycles. The Bertz CT molecular complexity index is 469. The number of rotatable bonds is 2. The van der Waals surface area contributed by atoms with Crippen LogP contribution in [0.4, 0.5) is 0 Å². The minimum atomic E-state index is 0.185. The van der Waals surface area contributed by atoms with Gasteiger partial charge in [-0.15, -0.1) is 0 Å². The molecule has 0 N–H and O–H groups in total. The van der Waals surface area contributed by atoms with E-state index in [-0.39, 0.29) is 10.8 Å². The van der Waals surface area contributed by atoms with E-state index in [2.05, 4.69) is 114 Å². The maximum atomic E-state index is 3.71. The van der Waals surface area contributed by atoms with Gasteiger partial charge in [-0.3, -0.25) is 0 Å². The zero-order valence-corrected chi connectivity index (χ0v) is 19.5. The summed E-state index contributed by atoms with van der Waals surface area (Å²) in [6.07, 6.45) is 0.988. The molecule has 0 bridgehead atoms. The predicted octanol–water partition coefficient (Wildman–Crippen LogP) is 8.11. The average Bonchev–Trinajstić information content (AvgIpc) is 2.28. The molecule has 1 rings (SSSR count).